The van der Waals surface area contributed by atoms with E-state index in [2.05, 4.69) is 49.8 Å². The fourth-order valence-electron chi connectivity index (χ4n) is 1.84. The molecule has 2 heterocycles. The maximum absolute atomic E-state index is 4.21. The molecule has 4 heteroatoms. The third-order valence-corrected chi connectivity index (χ3v) is 4.11. The van der Waals surface area contributed by atoms with Crippen LogP contribution in [0.15, 0.2) is 40.4 Å². The Hall–Kier alpha value is -0.710. The van der Waals surface area contributed by atoms with E-state index in [9.17, 15) is 0 Å². The first-order valence-corrected chi connectivity index (χ1v) is 7.27. The van der Waals surface area contributed by atoms with Crippen LogP contribution in [0.1, 0.15) is 22.9 Å². The molecule has 0 aliphatic carbocycles. The molecular formula is C13H15BrN2S. The van der Waals surface area contributed by atoms with Gasteiger partial charge in [-0.3, -0.25) is 4.98 Å². The zero-order valence-electron chi connectivity index (χ0n) is 9.69. The van der Waals surface area contributed by atoms with Crippen LogP contribution in [0.25, 0.3) is 0 Å². The third kappa shape index (κ3) is 3.63. The van der Waals surface area contributed by atoms with Crippen molar-refractivity contribution in [1.82, 2.24) is 10.3 Å². The minimum atomic E-state index is 0.363. The van der Waals surface area contributed by atoms with Gasteiger partial charge in [-0.2, -0.15) is 0 Å². The standard InChI is InChI=1S/C13H15BrN2S/c1-15-13(5-4-12-3-2-6-17-12)10-7-11(14)9-16-8-10/h2-3,6-9,13,15H,4-5H2,1H3. The molecule has 2 aromatic rings. The molecule has 1 unspecified atom stereocenters. The highest BCUT2D eigenvalue weighted by Gasteiger charge is 2.10. The van der Waals surface area contributed by atoms with Crippen LogP contribution in [0.5, 0.6) is 0 Å². The van der Waals surface area contributed by atoms with Gasteiger partial charge in [0.05, 0.1) is 0 Å². The Bertz CT molecular complexity index is 456. The highest BCUT2D eigenvalue weighted by molar-refractivity contribution is 9.10. The van der Waals surface area contributed by atoms with Gasteiger partial charge in [0.15, 0.2) is 0 Å². The van der Waals surface area contributed by atoms with Crippen molar-refractivity contribution >= 4 is 27.3 Å². The monoisotopic (exact) mass is 310 g/mol. The highest BCUT2D eigenvalue weighted by atomic mass is 79.9. The van der Waals surface area contributed by atoms with Gasteiger partial charge in [-0.15, -0.1) is 11.3 Å². The van der Waals surface area contributed by atoms with Crippen LogP contribution in [0.2, 0.25) is 0 Å². The lowest BCUT2D eigenvalue weighted by Gasteiger charge is -2.15. The number of thiophene rings is 1. The fourth-order valence-corrected chi connectivity index (χ4v) is 2.95. The van der Waals surface area contributed by atoms with E-state index in [-0.39, 0.29) is 0 Å². The smallest absolute Gasteiger partial charge is 0.0410 e. The van der Waals surface area contributed by atoms with Crippen LogP contribution in [-0.2, 0) is 6.42 Å². The largest absolute Gasteiger partial charge is 0.313 e. The minimum absolute atomic E-state index is 0.363. The SMILES string of the molecule is CNC(CCc1cccs1)c1cncc(Br)c1. The summed E-state index contributed by atoms with van der Waals surface area (Å²) in [6, 6.07) is 6.79. The van der Waals surface area contributed by atoms with Crippen LogP contribution in [-0.4, -0.2) is 12.0 Å². The Kier molecular flexibility index (Phi) is 4.71. The van der Waals surface area contributed by atoms with E-state index < -0.39 is 0 Å². The first kappa shape index (κ1) is 12.7. The topological polar surface area (TPSA) is 24.9 Å². The van der Waals surface area contributed by atoms with Crippen molar-refractivity contribution in [3.05, 3.63) is 50.9 Å². The van der Waals surface area contributed by atoms with Crippen LogP contribution in [0.4, 0.5) is 0 Å². The Balaban J connectivity index is 2.01. The summed E-state index contributed by atoms with van der Waals surface area (Å²) in [5.74, 6) is 0. The summed E-state index contributed by atoms with van der Waals surface area (Å²) in [6.07, 6.45) is 5.95. The van der Waals surface area contributed by atoms with Crippen LogP contribution in [0.3, 0.4) is 0 Å². The first-order chi connectivity index (χ1) is 8.29. The van der Waals surface area contributed by atoms with Gasteiger partial charge in [0.1, 0.15) is 0 Å². The van der Waals surface area contributed by atoms with Crippen molar-refractivity contribution < 1.29 is 0 Å². The van der Waals surface area contributed by atoms with E-state index >= 15 is 0 Å². The van der Waals surface area contributed by atoms with E-state index in [0.717, 1.165) is 17.3 Å². The lowest BCUT2D eigenvalue weighted by Crippen LogP contribution is -2.17. The lowest BCUT2D eigenvalue weighted by molar-refractivity contribution is 0.549. The summed E-state index contributed by atoms with van der Waals surface area (Å²) >= 11 is 5.28. The van der Waals surface area contributed by atoms with Crippen LogP contribution < -0.4 is 5.32 Å². The molecule has 2 nitrogen and oxygen atoms in total. The molecule has 0 aromatic carbocycles. The van der Waals surface area contributed by atoms with Gasteiger partial charge in [0.25, 0.3) is 0 Å². The molecule has 0 aliphatic heterocycles. The molecule has 17 heavy (non-hydrogen) atoms. The summed E-state index contributed by atoms with van der Waals surface area (Å²) in [5.41, 5.74) is 1.23. The Morgan fingerprint density at radius 1 is 1.47 bits per heavy atom. The molecule has 0 amide bonds. The molecule has 1 atom stereocenters. The van der Waals surface area contributed by atoms with E-state index in [0.29, 0.717) is 6.04 Å². The summed E-state index contributed by atoms with van der Waals surface area (Å²) in [5, 5.41) is 5.48. The number of halogens is 1. The van der Waals surface area contributed by atoms with Gasteiger partial charge in [0.2, 0.25) is 0 Å². The molecule has 2 aromatic heterocycles. The number of aryl methyl sites for hydroxylation is 1. The number of nitrogens with zero attached hydrogens (tertiary/aromatic N) is 1. The number of hydrogen-bond acceptors (Lipinski definition) is 3. The molecule has 0 fully saturated rings. The van der Waals surface area contributed by atoms with Gasteiger partial charge in [0, 0.05) is 27.8 Å². The van der Waals surface area contributed by atoms with Crippen molar-refractivity contribution in [2.45, 2.75) is 18.9 Å². The molecule has 0 saturated carbocycles. The third-order valence-electron chi connectivity index (χ3n) is 2.74. The highest BCUT2D eigenvalue weighted by Crippen LogP contribution is 2.22. The maximum Gasteiger partial charge on any atom is 0.0410 e. The molecule has 2 rings (SSSR count). The molecule has 90 valence electrons. The zero-order valence-corrected chi connectivity index (χ0v) is 12.1. The zero-order chi connectivity index (χ0) is 12.1. The molecule has 0 spiro atoms. The van der Waals surface area contributed by atoms with Gasteiger partial charge in [-0.1, -0.05) is 6.07 Å². The Morgan fingerprint density at radius 2 is 2.35 bits per heavy atom. The Labute approximate surface area is 114 Å². The second-order valence-electron chi connectivity index (χ2n) is 3.90. The average molecular weight is 311 g/mol. The molecule has 1 N–H and O–H groups in total. The second-order valence-corrected chi connectivity index (χ2v) is 5.84. The van der Waals surface area contributed by atoms with Crippen molar-refractivity contribution in [2.75, 3.05) is 7.05 Å². The van der Waals surface area contributed by atoms with Crippen molar-refractivity contribution in [3.63, 3.8) is 0 Å². The van der Waals surface area contributed by atoms with Gasteiger partial charge >= 0.3 is 0 Å². The molecule has 0 bridgehead atoms. The number of nitrogens with one attached hydrogen (secondary N) is 1. The fraction of sp³-hybridized carbons (Fsp3) is 0.308. The van der Waals surface area contributed by atoms with Gasteiger partial charge in [-0.25, -0.2) is 0 Å². The summed E-state index contributed by atoms with van der Waals surface area (Å²) < 4.78 is 1.03. The summed E-state index contributed by atoms with van der Waals surface area (Å²) in [4.78, 5) is 5.65. The van der Waals surface area contributed by atoms with Crippen molar-refractivity contribution in [3.8, 4) is 0 Å². The summed E-state index contributed by atoms with van der Waals surface area (Å²) in [6.45, 7) is 0. The molecule has 0 saturated heterocycles. The lowest BCUT2D eigenvalue weighted by atomic mass is 10.0. The quantitative estimate of drug-likeness (QED) is 0.908. The van der Waals surface area contributed by atoms with Gasteiger partial charge < -0.3 is 5.32 Å². The number of aromatic nitrogens is 1. The summed E-state index contributed by atoms with van der Waals surface area (Å²) in [7, 11) is 2.00. The van der Waals surface area contributed by atoms with E-state index in [1.54, 1.807) is 0 Å². The first-order valence-electron chi connectivity index (χ1n) is 5.59. The molecule has 0 aliphatic rings. The second kappa shape index (κ2) is 6.28. The average Bonchev–Trinajstić information content (AvgIpc) is 2.83. The molecule has 0 radical (unpaired) electrons. The predicted molar refractivity (Wildman–Crippen MR) is 76.4 cm³/mol. The van der Waals surface area contributed by atoms with Crippen LogP contribution in [0, 0.1) is 0 Å². The number of pyridine rings is 1. The predicted octanol–water partition coefficient (Wildman–Crippen LogP) is 3.80. The van der Waals surface area contributed by atoms with Crippen molar-refractivity contribution in [1.29, 1.82) is 0 Å². The normalized spacial score (nSPS) is 12.6. The maximum atomic E-state index is 4.21. The Morgan fingerprint density at radius 3 is 3.00 bits per heavy atom. The molecular weight excluding hydrogens is 296 g/mol. The minimum Gasteiger partial charge on any atom is -0.313 e. The van der Waals surface area contributed by atoms with Gasteiger partial charge in [-0.05, 0) is 58.9 Å². The van der Waals surface area contributed by atoms with Crippen molar-refractivity contribution in [2.24, 2.45) is 0 Å². The van der Waals surface area contributed by atoms with E-state index in [1.807, 2.05) is 30.8 Å². The van der Waals surface area contributed by atoms with E-state index in [4.69, 9.17) is 0 Å². The number of hydrogen-bond donors (Lipinski definition) is 1. The number of rotatable bonds is 5. The van der Waals surface area contributed by atoms with Crippen LogP contribution >= 0.6 is 27.3 Å². The van der Waals surface area contributed by atoms with E-state index in [1.165, 1.54) is 10.4 Å².